The van der Waals surface area contributed by atoms with Crippen molar-refractivity contribution in [3.63, 3.8) is 0 Å². The Kier molecular flexibility index (Phi) is 6.75. The third-order valence-electron chi connectivity index (χ3n) is 4.19. The SMILES string of the molecule is O=C(/C=C/c1ccccc1[N+](=O)[O-])NCc1ccc(S(=O)(=O)N2CCOCC2)s1. The van der Waals surface area contributed by atoms with Gasteiger partial charge < -0.3 is 10.1 Å². The number of benzene rings is 1. The van der Waals surface area contributed by atoms with Crippen LogP contribution in [-0.4, -0.2) is 49.9 Å². The second-order valence-electron chi connectivity index (χ2n) is 6.10. The van der Waals surface area contributed by atoms with Gasteiger partial charge >= 0.3 is 0 Å². The quantitative estimate of drug-likeness (QED) is 0.402. The number of nitro benzene ring substituents is 1. The first kappa shape index (κ1) is 21.1. The lowest BCUT2D eigenvalue weighted by Crippen LogP contribution is -2.40. The molecule has 11 heteroatoms. The third-order valence-corrected chi connectivity index (χ3v) is 7.64. The topological polar surface area (TPSA) is 119 Å². The first-order valence-electron chi connectivity index (χ1n) is 8.74. The van der Waals surface area contributed by atoms with Gasteiger partial charge in [0.2, 0.25) is 5.91 Å². The van der Waals surface area contributed by atoms with Gasteiger partial charge in [-0.3, -0.25) is 14.9 Å². The van der Waals surface area contributed by atoms with E-state index in [2.05, 4.69) is 5.32 Å². The molecule has 1 aliphatic heterocycles. The summed E-state index contributed by atoms with van der Waals surface area (Å²) in [6, 6.07) is 9.29. The summed E-state index contributed by atoms with van der Waals surface area (Å²) in [5.74, 6) is -0.436. The molecule has 0 atom stereocenters. The van der Waals surface area contributed by atoms with Crippen LogP contribution < -0.4 is 5.32 Å². The lowest BCUT2D eigenvalue weighted by Gasteiger charge is -2.25. The molecule has 1 amide bonds. The first-order chi connectivity index (χ1) is 13.9. The van der Waals surface area contributed by atoms with Crippen LogP contribution >= 0.6 is 11.3 Å². The van der Waals surface area contributed by atoms with Crippen molar-refractivity contribution in [2.45, 2.75) is 10.8 Å². The lowest BCUT2D eigenvalue weighted by atomic mass is 10.1. The van der Waals surface area contributed by atoms with Gasteiger partial charge in [0.25, 0.3) is 15.7 Å². The van der Waals surface area contributed by atoms with E-state index in [1.807, 2.05) is 0 Å². The number of rotatable bonds is 7. The Morgan fingerprint density at radius 2 is 1.97 bits per heavy atom. The average molecular weight is 437 g/mol. The van der Waals surface area contributed by atoms with Gasteiger partial charge in [0.15, 0.2) is 0 Å². The molecule has 2 aromatic rings. The van der Waals surface area contributed by atoms with Crippen LogP contribution in [0.25, 0.3) is 6.08 Å². The number of hydrogen-bond acceptors (Lipinski definition) is 7. The molecule has 2 heterocycles. The zero-order chi connectivity index (χ0) is 20.9. The predicted molar refractivity (Wildman–Crippen MR) is 108 cm³/mol. The fourth-order valence-electron chi connectivity index (χ4n) is 2.70. The maximum atomic E-state index is 12.6. The van der Waals surface area contributed by atoms with Gasteiger partial charge in [-0.2, -0.15) is 4.31 Å². The molecule has 29 heavy (non-hydrogen) atoms. The minimum Gasteiger partial charge on any atom is -0.379 e. The van der Waals surface area contributed by atoms with Crippen molar-refractivity contribution in [1.29, 1.82) is 0 Å². The third kappa shape index (κ3) is 5.26. The number of sulfonamides is 1. The molecule has 1 fully saturated rings. The molecule has 1 N–H and O–H groups in total. The highest BCUT2D eigenvalue weighted by atomic mass is 32.2. The molecule has 154 valence electrons. The molecule has 9 nitrogen and oxygen atoms in total. The van der Waals surface area contributed by atoms with Crippen LogP contribution in [0, 0.1) is 10.1 Å². The van der Waals surface area contributed by atoms with Gasteiger partial charge in [-0.15, -0.1) is 11.3 Å². The number of nitro groups is 1. The van der Waals surface area contributed by atoms with E-state index in [0.717, 1.165) is 11.3 Å². The molecule has 1 aromatic heterocycles. The first-order valence-corrected chi connectivity index (χ1v) is 11.0. The van der Waals surface area contributed by atoms with E-state index in [9.17, 15) is 23.3 Å². The van der Waals surface area contributed by atoms with Gasteiger partial charge in [-0.1, -0.05) is 12.1 Å². The van der Waals surface area contributed by atoms with Crippen LogP contribution in [0.4, 0.5) is 5.69 Å². The predicted octanol–water partition coefficient (Wildman–Crippen LogP) is 2.01. The van der Waals surface area contributed by atoms with Crippen LogP contribution in [-0.2, 0) is 26.1 Å². The number of nitrogens with one attached hydrogen (secondary N) is 1. The summed E-state index contributed by atoms with van der Waals surface area (Å²) >= 11 is 1.10. The summed E-state index contributed by atoms with van der Waals surface area (Å²) < 4.78 is 32.0. The molecule has 1 aliphatic rings. The Morgan fingerprint density at radius 3 is 2.69 bits per heavy atom. The number of morpholine rings is 1. The maximum Gasteiger partial charge on any atom is 0.276 e. The lowest BCUT2D eigenvalue weighted by molar-refractivity contribution is -0.385. The second kappa shape index (κ2) is 9.27. The Hall–Kier alpha value is -2.60. The van der Waals surface area contributed by atoms with Gasteiger partial charge in [0.1, 0.15) is 4.21 Å². The van der Waals surface area contributed by atoms with Gasteiger partial charge in [0.05, 0.1) is 30.2 Å². The number of amides is 1. The van der Waals surface area contributed by atoms with Crippen LogP contribution in [0.5, 0.6) is 0 Å². The zero-order valence-corrected chi connectivity index (χ0v) is 16.9. The molecule has 0 radical (unpaired) electrons. The number of thiophene rings is 1. The molecule has 0 aliphatic carbocycles. The molecule has 0 bridgehead atoms. The fraction of sp³-hybridized carbons (Fsp3) is 0.278. The van der Waals surface area contributed by atoms with Crippen LogP contribution in [0.15, 0.2) is 46.7 Å². The second-order valence-corrected chi connectivity index (χ2v) is 9.44. The number of nitrogens with zero attached hydrogens (tertiary/aromatic N) is 2. The highest BCUT2D eigenvalue weighted by Crippen LogP contribution is 2.25. The smallest absolute Gasteiger partial charge is 0.276 e. The molecular formula is C18H19N3O6S2. The Balaban J connectivity index is 1.60. The van der Waals surface area contributed by atoms with Crippen molar-refractivity contribution in [2.24, 2.45) is 0 Å². The standard InChI is InChI=1S/C18H19N3O6S2/c22-17(7-5-14-3-1-2-4-16(14)21(23)24)19-13-15-6-8-18(28-15)29(25,26)20-9-11-27-12-10-20/h1-8H,9-13H2,(H,19,22)/b7-5+. The summed E-state index contributed by atoms with van der Waals surface area (Å²) in [5.41, 5.74) is 0.232. The number of carbonyl (C=O) groups excluding carboxylic acids is 1. The van der Waals surface area contributed by atoms with E-state index < -0.39 is 20.9 Å². The summed E-state index contributed by atoms with van der Waals surface area (Å²) in [7, 11) is -3.56. The highest BCUT2D eigenvalue weighted by Gasteiger charge is 2.27. The summed E-state index contributed by atoms with van der Waals surface area (Å²) in [6.45, 7) is 1.55. The Labute approximate surface area is 171 Å². The summed E-state index contributed by atoms with van der Waals surface area (Å²) in [6.07, 6.45) is 2.58. The van der Waals surface area contributed by atoms with Crippen molar-refractivity contribution < 1.29 is 22.9 Å². The number of hydrogen-bond donors (Lipinski definition) is 1. The minimum absolute atomic E-state index is 0.0900. The Bertz CT molecular complexity index is 1030. The normalized spacial score (nSPS) is 15.4. The minimum atomic E-state index is -3.56. The number of para-hydroxylation sites is 1. The number of carbonyl (C=O) groups is 1. The summed E-state index contributed by atoms with van der Waals surface area (Å²) in [5, 5.41) is 13.6. The van der Waals surface area contributed by atoms with Gasteiger partial charge in [0, 0.05) is 30.1 Å². The van der Waals surface area contributed by atoms with E-state index in [1.54, 1.807) is 24.3 Å². The zero-order valence-electron chi connectivity index (χ0n) is 15.3. The molecule has 1 saturated heterocycles. The van der Waals surface area contributed by atoms with Crippen molar-refractivity contribution in [3.05, 3.63) is 63.0 Å². The van der Waals surface area contributed by atoms with Crippen molar-refractivity contribution >= 4 is 39.0 Å². The Morgan fingerprint density at radius 1 is 1.24 bits per heavy atom. The molecule has 0 spiro atoms. The largest absolute Gasteiger partial charge is 0.379 e. The van der Waals surface area contributed by atoms with Gasteiger partial charge in [-0.05, 0) is 24.3 Å². The monoisotopic (exact) mass is 437 g/mol. The molecule has 0 saturated carbocycles. The van der Waals surface area contributed by atoms with Crippen LogP contribution in [0.2, 0.25) is 0 Å². The molecular weight excluding hydrogens is 418 g/mol. The van der Waals surface area contributed by atoms with Crippen molar-refractivity contribution in [2.75, 3.05) is 26.3 Å². The van der Waals surface area contributed by atoms with Crippen LogP contribution in [0.1, 0.15) is 10.4 Å². The average Bonchev–Trinajstić information content (AvgIpc) is 3.21. The van der Waals surface area contributed by atoms with E-state index in [1.165, 1.54) is 28.6 Å². The van der Waals surface area contributed by atoms with E-state index in [4.69, 9.17) is 4.74 Å². The molecule has 1 aromatic carbocycles. The van der Waals surface area contributed by atoms with Gasteiger partial charge in [-0.25, -0.2) is 8.42 Å². The highest BCUT2D eigenvalue weighted by molar-refractivity contribution is 7.91. The fourth-order valence-corrected chi connectivity index (χ4v) is 5.56. The van der Waals surface area contributed by atoms with E-state index in [0.29, 0.717) is 36.7 Å². The van der Waals surface area contributed by atoms with Crippen molar-refractivity contribution in [3.8, 4) is 0 Å². The maximum absolute atomic E-state index is 12.6. The van der Waals surface area contributed by atoms with E-state index in [-0.39, 0.29) is 16.4 Å². The number of ether oxygens (including phenoxy) is 1. The van der Waals surface area contributed by atoms with Crippen molar-refractivity contribution in [1.82, 2.24) is 9.62 Å². The molecule has 0 unspecified atom stereocenters. The molecule has 3 rings (SSSR count). The summed E-state index contributed by atoms with van der Waals surface area (Å²) in [4.78, 5) is 23.2. The van der Waals surface area contributed by atoms with E-state index >= 15 is 0 Å². The van der Waals surface area contributed by atoms with Crippen LogP contribution in [0.3, 0.4) is 0 Å².